The molecule has 1 atom stereocenters. The SMILES string of the molecule is Cc1c(Cl)cccc1OCC(=O)N[C@@H](C)CN. The van der Waals surface area contributed by atoms with Gasteiger partial charge in [-0.2, -0.15) is 0 Å². The Kier molecular flexibility index (Phi) is 5.25. The van der Waals surface area contributed by atoms with Gasteiger partial charge in [-0.25, -0.2) is 0 Å². The Morgan fingerprint density at radius 3 is 2.94 bits per heavy atom. The third-order valence-corrected chi connectivity index (χ3v) is 2.75. The maximum Gasteiger partial charge on any atom is 0.258 e. The molecule has 0 spiro atoms. The molecule has 0 saturated carbocycles. The molecule has 0 fully saturated rings. The molecule has 1 amide bonds. The molecule has 0 aliphatic carbocycles. The molecule has 0 aromatic heterocycles. The van der Waals surface area contributed by atoms with E-state index in [0.29, 0.717) is 17.3 Å². The van der Waals surface area contributed by atoms with Crippen LogP contribution in [0.3, 0.4) is 0 Å². The molecule has 0 radical (unpaired) electrons. The summed E-state index contributed by atoms with van der Waals surface area (Å²) in [6.07, 6.45) is 0. The highest BCUT2D eigenvalue weighted by atomic mass is 35.5. The van der Waals surface area contributed by atoms with E-state index in [1.807, 2.05) is 13.8 Å². The zero-order valence-corrected chi connectivity index (χ0v) is 10.8. The van der Waals surface area contributed by atoms with Gasteiger partial charge in [0.2, 0.25) is 0 Å². The number of benzene rings is 1. The summed E-state index contributed by atoms with van der Waals surface area (Å²) in [6, 6.07) is 5.29. The van der Waals surface area contributed by atoms with E-state index in [1.165, 1.54) is 0 Å². The van der Waals surface area contributed by atoms with Gasteiger partial charge in [0.05, 0.1) is 0 Å². The summed E-state index contributed by atoms with van der Waals surface area (Å²) in [5.41, 5.74) is 6.23. The highest BCUT2D eigenvalue weighted by Gasteiger charge is 2.08. The van der Waals surface area contributed by atoms with Gasteiger partial charge in [-0.3, -0.25) is 4.79 Å². The van der Waals surface area contributed by atoms with Crippen LogP contribution in [-0.4, -0.2) is 25.1 Å². The lowest BCUT2D eigenvalue weighted by atomic mass is 10.2. The minimum absolute atomic E-state index is 0.0362. The van der Waals surface area contributed by atoms with Crippen molar-refractivity contribution in [2.45, 2.75) is 19.9 Å². The van der Waals surface area contributed by atoms with Gasteiger partial charge in [0.25, 0.3) is 5.91 Å². The molecule has 4 nitrogen and oxygen atoms in total. The fourth-order valence-electron chi connectivity index (χ4n) is 1.26. The van der Waals surface area contributed by atoms with E-state index in [0.717, 1.165) is 5.56 Å². The normalized spacial score (nSPS) is 12.0. The molecule has 0 saturated heterocycles. The molecule has 5 heteroatoms. The van der Waals surface area contributed by atoms with Crippen LogP contribution in [0.2, 0.25) is 5.02 Å². The monoisotopic (exact) mass is 256 g/mol. The van der Waals surface area contributed by atoms with Crippen molar-refractivity contribution in [3.63, 3.8) is 0 Å². The summed E-state index contributed by atoms with van der Waals surface area (Å²) >= 11 is 5.94. The predicted molar refractivity (Wildman–Crippen MR) is 68.3 cm³/mol. The number of nitrogens with two attached hydrogens (primary N) is 1. The zero-order valence-electron chi connectivity index (χ0n) is 10.00. The maximum atomic E-state index is 11.5. The average molecular weight is 257 g/mol. The molecule has 0 bridgehead atoms. The van der Waals surface area contributed by atoms with Crippen molar-refractivity contribution in [2.24, 2.45) is 5.73 Å². The second kappa shape index (κ2) is 6.47. The Balaban J connectivity index is 2.50. The summed E-state index contributed by atoms with van der Waals surface area (Å²) in [5, 5.41) is 3.34. The van der Waals surface area contributed by atoms with Crippen molar-refractivity contribution in [2.75, 3.05) is 13.2 Å². The molecule has 1 aromatic carbocycles. The highest BCUT2D eigenvalue weighted by molar-refractivity contribution is 6.31. The maximum absolute atomic E-state index is 11.5. The van der Waals surface area contributed by atoms with Gasteiger partial charge < -0.3 is 15.8 Å². The molecule has 0 aliphatic heterocycles. The minimum atomic E-state index is -0.192. The first-order chi connectivity index (χ1) is 8.04. The first kappa shape index (κ1) is 13.8. The number of nitrogens with one attached hydrogen (secondary N) is 1. The fraction of sp³-hybridized carbons (Fsp3) is 0.417. The number of carbonyl (C=O) groups excluding carboxylic acids is 1. The summed E-state index contributed by atoms with van der Waals surface area (Å²) in [7, 11) is 0. The van der Waals surface area contributed by atoms with Crippen molar-refractivity contribution in [3.05, 3.63) is 28.8 Å². The summed E-state index contributed by atoms with van der Waals surface area (Å²) in [6.45, 7) is 4.05. The molecule has 1 aromatic rings. The van der Waals surface area contributed by atoms with E-state index in [-0.39, 0.29) is 18.6 Å². The molecule has 0 heterocycles. The van der Waals surface area contributed by atoms with Gasteiger partial charge in [0, 0.05) is 23.2 Å². The first-order valence-electron chi connectivity index (χ1n) is 5.42. The second-order valence-electron chi connectivity index (χ2n) is 3.86. The number of amides is 1. The first-order valence-corrected chi connectivity index (χ1v) is 5.79. The van der Waals surface area contributed by atoms with Gasteiger partial charge in [-0.05, 0) is 26.0 Å². The number of ether oxygens (including phenoxy) is 1. The Labute approximate surface area is 106 Å². The number of rotatable bonds is 5. The molecule has 94 valence electrons. The van der Waals surface area contributed by atoms with Crippen molar-refractivity contribution >= 4 is 17.5 Å². The zero-order chi connectivity index (χ0) is 12.8. The number of carbonyl (C=O) groups is 1. The molecular weight excluding hydrogens is 240 g/mol. The number of halogens is 1. The quantitative estimate of drug-likeness (QED) is 0.839. The third-order valence-electron chi connectivity index (χ3n) is 2.34. The lowest BCUT2D eigenvalue weighted by molar-refractivity contribution is -0.123. The van der Waals surface area contributed by atoms with E-state index in [2.05, 4.69) is 5.32 Å². The van der Waals surface area contributed by atoms with E-state index >= 15 is 0 Å². The lowest BCUT2D eigenvalue weighted by Crippen LogP contribution is -2.40. The van der Waals surface area contributed by atoms with Crippen LogP contribution in [-0.2, 0) is 4.79 Å². The fourth-order valence-corrected chi connectivity index (χ4v) is 1.43. The van der Waals surface area contributed by atoms with Crippen LogP contribution in [0.4, 0.5) is 0 Å². The van der Waals surface area contributed by atoms with Crippen LogP contribution in [0.5, 0.6) is 5.75 Å². The van der Waals surface area contributed by atoms with Crippen LogP contribution in [0.25, 0.3) is 0 Å². The predicted octanol–water partition coefficient (Wildman–Crippen LogP) is 1.49. The Morgan fingerprint density at radius 1 is 1.59 bits per heavy atom. The van der Waals surface area contributed by atoms with Crippen LogP contribution < -0.4 is 15.8 Å². The number of hydrogen-bond donors (Lipinski definition) is 2. The van der Waals surface area contributed by atoms with Gasteiger partial charge >= 0.3 is 0 Å². The summed E-state index contributed by atoms with van der Waals surface area (Å²) in [5.74, 6) is 0.426. The lowest BCUT2D eigenvalue weighted by Gasteiger charge is -2.13. The molecule has 17 heavy (non-hydrogen) atoms. The topological polar surface area (TPSA) is 64.3 Å². The Morgan fingerprint density at radius 2 is 2.29 bits per heavy atom. The molecule has 0 unspecified atom stereocenters. The molecule has 0 aliphatic rings. The van der Waals surface area contributed by atoms with E-state index < -0.39 is 0 Å². The van der Waals surface area contributed by atoms with Crippen molar-refractivity contribution in [3.8, 4) is 5.75 Å². The van der Waals surface area contributed by atoms with Gasteiger partial charge in [0.1, 0.15) is 5.75 Å². The van der Waals surface area contributed by atoms with Gasteiger partial charge in [0.15, 0.2) is 6.61 Å². The summed E-state index contributed by atoms with van der Waals surface area (Å²) < 4.78 is 5.39. The van der Waals surface area contributed by atoms with Crippen LogP contribution in [0, 0.1) is 6.92 Å². The van der Waals surface area contributed by atoms with Crippen LogP contribution in [0.15, 0.2) is 18.2 Å². The Bertz CT molecular complexity index is 396. The third kappa shape index (κ3) is 4.24. The van der Waals surface area contributed by atoms with Crippen molar-refractivity contribution < 1.29 is 9.53 Å². The van der Waals surface area contributed by atoms with Crippen molar-refractivity contribution in [1.29, 1.82) is 0 Å². The van der Waals surface area contributed by atoms with Gasteiger partial charge in [-0.1, -0.05) is 17.7 Å². The standard InChI is InChI=1S/C12H17ClN2O2/c1-8(6-14)15-12(16)7-17-11-5-3-4-10(13)9(11)2/h3-5,8H,6-7,14H2,1-2H3,(H,15,16)/t8-/m0/s1. The largest absolute Gasteiger partial charge is 0.483 e. The van der Waals surface area contributed by atoms with E-state index in [1.54, 1.807) is 18.2 Å². The second-order valence-corrected chi connectivity index (χ2v) is 4.26. The highest BCUT2D eigenvalue weighted by Crippen LogP contribution is 2.24. The molecular formula is C12H17ClN2O2. The molecule has 1 rings (SSSR count). The van der Waals surface area contributed by atoms with E-state index in [4.69, 9.17) is 22.1 Å². The van der Waals surface area contributed by atoms with Crippen molar-refractivity contribution in [1.82, 2.24) is 5.32 Å². The van der Waals surface area contributed by atoms with Gasteiger partial charge in [-0.15, -0.1) is 0 Å². The Hall–Kier alpha value is -1.26. The molecule has 3 N–H and O–H groups in total. The van der Waals surface area contributed by atoms with Crippen LogP contribution >= 0.6 is 11.6 Å². The minimum Gasteiger partial charge on any atom is -0.483 e. The van der Waals surface area contributed by atoms with Crippen LogP contribution in [0.1, 0.15) is 12.5 Å². The van der Waals surface area contributed by atoms with E-state index in [9.17, 15) is 4.79 Å². The number of hydrogen-bond acceptors (Lipinski definition) is 3. The smallest absolute Gasteiger partial charge is 0.258 e. The average Bonchev–Trinajstić information content (AvgIpc) is 2.31. The summed E-state index contributed by atoms with van der Waals surface area (Å²) in [4.78, 5) is 11.5.